The van der Waals surface area contributed by atoms with Crippen molar-refractivity contribution in [3.63, 3.8) is 0 Å². The van der Waals surface area contributed by atoms with Gasteiger partial charge in [0.05, 0.1) is 36.6 Å². The fourth-order valence-corrected chi connectivity index (χ4v) is 5.48. The number of anilines is 1. The molecule has 6 heterocycles. The molecule has 0 atom stereocenters. The minimum atomic E-state index is 0.0670. The van der Waals surface area contributed by atoms with Crippen molar-refractivity contribution in [2.24, 2.45) is 12.5 Å². The average Bonchev–Trinajstić information content (AvgIpc) is 3.60. The lowest BCUT2D eigenvalue weighted by molar-refractivity contribution is 0.0582. The highest BCUT2D eigenvalue weighted by atomic mass is 16.5. The first-order valence-corrected chi connectivity index (χ1v) is 13.0. The number of hydrogen-bond acceptors (Lipinski definition) is 8. The molecule has 10 nitrogen and oxygen atoms in total. The molecule has 0 aromatic carbocycles. The summed E-state index contributed by atoms with van der Waals surface area (Å²) in [7, 11) is 3.64. The van der Waals surface area contributed by atoms with Crippen LogP contribution in [0, 0.1) is 16.7 Å². The molecule has 10 heteroatoms. The van der Waals surface area contributed by atoms with Crippen LogP contribution in [0.15, 0.2) is 67.5 Å². The van der Waals surface area contributed by atoms with E-state index in [-0.39, 0.29) is 5.41 Å². The molecule has 196 valence electrons. The molecule has 1 aliphatic heterocycles. The summed E-state index contributed by atoms with van der Waals surface area (Å²) in [4.78, 5) is 16.6. The van der Waals surface area contributed by atoms with Gasteiger partial charge in [0.1, 0.15) is 23.0 Å². The first-order valence-electron chi connectivity index (χ1n) is 13.0. The smallest absolute Gasteiger partial charge is 0.128 e. The van der Waals surface area contributed by atoms with Gasteiger partial charge in [0.2, 0.25) is 0 Å². The molecular formula is C29H29N9O. The Bertz CT molecular complexity index is 1630. The van der Waals surface area contributed by atoms with Crippen molar-refractivity contribution >= 4 is 11.3 Å². The third-order valence-corrected chi connectivity index (χ3v) is 7.52. The number of aryl methyl sites for hydroxylation is 1. The van der Waals surface area contributed by atoms with Gasteiger partial charge in [0.15, 0.2) is 0 Å². The maximum atomic E-state index is 9.69. The van der Waals surface area contributed by atoms with E-state index in [0.29, 0.717) is 23.4 Å². The lowest BCUT2D eigenvalue weighted by atomic mass is 9.75. The third kappa shape index (κ3) is 4.84. The van der Waals surface area contributed by atoms with Crippen molar-refractivity contribution in [3.05, 3.63) is 78.8 Å². The van der Waals surface area contributed by atoms with Crippen molar-refractivity contribution in [3.8, 4) is 28.6 Å². The van der Waals surface area contributed by atoms with Gasteiger partial charge >= 0.3 is 0 Å². The van der Waals surface area contributed by atoms with Gasteiger partial charge in [0.25, 0.3) is 0 Å². The molecule has 0 spiro atoms. The van der Waals surface area contributed by atoms with E-state index >= 15 is 0 Å². The lowest BCUT2D eigenvalue weighted by Gasteiger charge is -2.42. The Morgan fingerprint density at radius 2 is 1.87 bits per heavy atom. The molecule has 0 saturated carbocycles. The van der Waals surface area contributed by atoms with Crippen LogP contribution >= 0.6 is 0 Å². The maximum absolute atomic E-state index is 9.69. The SMILES string of the molecule is COCC1(Cc2ccccn2)CCN(c2ccc(-c3nc(-c4cnn(C)c4)cn4ncc(C#N)c34)cn2)CC1. The van der Waals surface area contributed by atoms with Crippen molar-refractivity contribution < 1.29 is 4.74 Å². The largest absolute Gasteiger partial charge is 0.384 e. The van der Waals surface area contributed by atoms with E-state index in [4.69, 9.17) is 14.7 Å². The van der Waals surface area contributed by atoms with E-state index in [2.05, 4.69) is 32.2 Å². The Hall–Kier alpha value is -4.62. The van der Waals surface area contributed by atoms with Crippen LogP contribution in [0.3, 0.4) is 0 Å². The number of aromatic nitrogens is 7. The normalized spacial score (nSPS) is 14.9. The quantitative estimate of drug-likeness (QED) is 0.318. The van der Waals surface area contributed by atoms with Crippen LogP contribution in [-0.4, -0.2) is 61.2 Å². The zero-order valence-corrected chi connectivity index (χ0v) is 22.0. The van der Waals surface area contributed by atoms with Gasteiger partial charge in [-0.3, -0.25) is 9.67 Å². The standard InChI is InChI=1S/C29H29N9O/c1-36-18-23(17-33-36)25-19-38-28(22(14-30)16-34-38)27(35-25)21-6-7-26(32-15-21)37-11-8-29(9-12-37,20-39-2)13-24-5-3-4-10-31-24/h3-7,10,15-19H,8-9,11-13,20H2,1-2H3. The molecule has 0 bridgehead atoms. The number of pyridine rings is 2. The molecule has 5 aromatic rings. The van der Waals surface area contributed by atoms with Crippen molar-refractivity contribution in [1.29, 1.82) is 5.26 Å². The van der Waals surface area contributed by atoms with Crippen LogP contribution in [0.4, 0.5) is 5.82 Å². The van der Waals surface area contributed by atoms with Crippen LogP contribution < -0.4 is 4.90 Å². The zero-order valence-electron chi connectivity index (χ0n) is 22.0. The molecule has 39 heavy (non-hydrogen) atoms. The predicted molar refractivity (Wildman–Crippen MR) is 147 cm³/mol. The van der Waals surface area contributed by atoms with Gasteiger partial charge in [0, 0.05) is 68.1 Å². The average molecular weight is 520 g/mol. The van der Waals surface area contributed by atoms with Gasteiger partial charge in [-0.15, -0.1) is 0 Å². The van der Waals surface area contributed by atoms with E-state index < -0.39 is 0 Å². The number of fused-ring (bicyclic) bond motifs is 1. The van der Waals surface area contributed by atoms with Gasteiger partial charge in [-0.05, 0) is 43.5 Å². The third-order valence-electron chi connectivity index (χ3n) is 7.52. The summed E-state index contributed by atoms with van der Waals surface area (Å²) in [6.45, 7) is 2.50. The molecule has 5 aromatic heterocycles. The highest BCUT2D eigenvalue weighted by Gasteiger charge is 2.35. The number of methoxy groups -OCH3 is 1. The second kappa shape index (κ2) is 10.3. The van der Waals surface area contributed by atoms with Crippen molar-refractivity contribution in [2.75, 3.05) is 31.7 Å². The number of nitrogens with zero attached hydrogens (tertiary/aromatic N) is 9. The molecule has 0 amide bonds. The van der Waals surface area contributed by atoms with Crippen LogP contribution in [0.1, 0.15) is 24.1 Å². The van der Waals surface area contributed by atoms with Gasteiger partial charge in [-0.25, -0.2) is 14.5 Å². The summed E-state index contributed by atoms with van der Waals surface area (Å²) in [6, 6.07) is 12.4. The number of piperidine rings is 1. The lowest BCUT2D eigenvalue weighted by Crippen LogP contribution is -2.44. The molecule has 1 fully saturated rings. The number of hydrogen-bond donors (Lipinski definition) is 0. The van der Waals surface area contributed by atoms with E-state index in [9.17, 15) is 5.26 Å². The van der Waals surface area contributed by atoms with Crippen LogP contribution in [0.5, 0.6) is 0 Å². The molecule has 1 aliphatic rings. The Labute approximate surface area is 226 Å². The highest BCUT2D eigenvalue weighted by Crippen LogP contribution is 2.37. The van der Waals surface area contributed by atoms with Crippen LogP contribution in [-0.2, 0) is 18.2 Å². The molecule has 1 saturated heterocycles. The molecule has 0 radical (unpaired) electrons. The molecule has 0 unspecified atom stereocenters. The van der Waals surface area contributed by atoms with Crippen LogP contribution in [0.2, 0.25) is 0 Å². The van der Waals surface area contributed by atoms with Crippen LogP contribution in [0.25, 0.3) is 28.0 Å². The monoisotopic (exact) mass is 519 g/mol. The van der Waals surface area contributed by atoms with E-state index in [1.807, 2.05) is 56.1 Å². The van der Waals surface area contributed by atoms with Crippen molar-refractivity contribution in [1.82, 2.24) is 34.3 Å². The summed E-state index contributed by atoms with van der Waals surface area (Å²) >= 11 is 0. The molecular weight excluding hydrogens is 490 g/mol. The number of rotatable bonds is 7. The topological polar surface area (TPSA) is 110 Å². The van der Waals surface area contributed by atoms with Gasteiger partial charge < -0.3 is 9.64 Å². The molecule has 6 rings (SSSR count). The number of ether oxygens (including phenoxy) is 1. The number of nitriles is 1. The maximum Gasteiger partial charge on any atom is 0.128 e. The minimum Gasteiger partial charge on any atom is -0.384 e. The fraction of sp³-hybridized carbons (Fsp3) is 0.310. The van der Waals surface area contributed by atoms with Crippen molar-refractivity contribution in [2.45, 2.75) is 19.3 Å². The Kier molecular flexibility index (Phi) is 6.50. The Morgan fingerprint density at radius 3 is 2.54 bits per heavy atom. The molecule has 0 aliphatic carbocycles. The Balaban J connectivity index is 1.26. The summed E-state index contributed by atoms with van der Waals surface area (Å²) in [5.74, 6) is 0.927. The zero-order chi connectivity index (χ0) is 26.8. The second-order valence-corrected chi connectivity index (χ2v) is 10.2. The second-order valence-electron chi connectivity index (χ2n) is 10.2. The summed E-state index contributed by atoms with van der Waals surface area (Å²) < 4.78 is 9.09. The minimum absolute atomic E-state index is 0.0670. The van der Waals surface area contributed by atoms with E-state index in [1.165, 1.54) is 0 Å². The summed E-state index contributed by atoms with van der Waals surface area (Å²) in [6.07, 6.45) is 13.7. The Morgan fingerprint density at radius 1 is 1.00 bits per heavy atom. The first-order chi connectivity index (χ1) is 19.1. The fourth-order valence-electron chi connectivity index (χ4n) is 5.48. The van der Waals surface area contributed by atoms with E-state index in [0.717, 1.165) is 60.7 Å². The van der Waals surface area contributed by atoms with E-state index in [1.54, 1.807) is 28.7 Å². The predicted octanol–water partition coefficient (Wildman–Crippen LogP) is 3.93. The highest BCUT2D eigenvalue weighted by molar-refractivity contribution is 5.83. The van der Waals surface area contributed by atoms with Gasteiger partial charge in [-0.1, -0.05) is 6.07 Å². The first kappa shape index (κ1) is 24.7. The van der Waals surface area contributed by atoms with Gasteiger partial charge in [-0.2, -0.15) is 15.5 Å². The molecule has 0 N–H and O–H groups in total. The summed E-state index contributed by atoms with van der Waals surface area (Å²) in [5, 5.41) is 18.4. The summed E-state index contributed by atoms with van der Waals surface area (Å²) in [5.41, 5.74) is 5.39.